The van der Waals surface area contributed by atoms with Crippen LogP contribution in [0.1, 0.15) is 43.5 Å². The molecule has 84 valence electrons. The number of aryl methyl sites for hydroxylation is 2. The van der Waals surface area contributed by atoms with Crippen LogP contribution < -0.4 is 5.32 Å². The molecular weight excluding hydrogens is 188 g/mol. The van der Waals surface area contributed by atoms with Gasteiger partial charge in [-0.05, 0) is 26.3 Å². The highest BCUT2D eigenvalue weighted by molar-refractivity contribution is 5.08. The van der Waals surface area contributed by atoms with Crippen molar-refractivity contribution in [3.05, 3.63) is 17.3 Å². The zero-order valence-corrected chi connectivity index (χ0v) is 9.68. The van der Waals surface area contributed by atoms with E-state index >= 15 is 0 Å². The lowest BCUT2D eigenvalue weighted by Crippen LogP contribution is -2.35. The summed E-state index contributed by atoms with van der Waals surface area (Å²) < 4.78 is 5.72. The van der Waals surface area contributed by atoms with Crippen LogP contribution in [0, 0.1) is 6.92 Å². The Bertz CT molecular complexity index is 313. The Balaban J connectivity index is 1.97. The summed E-state index contributed by atoms with van der Waals surface area (Å²) in [6.07, 6.45) is 5.78. The molecule has 0 radical (unpaired) electrons. The van der Waals surface area contributed by atoms with Gasteiger partial charge in [-0.15, -0.1) is 0 Å². The Labute approximate surface area is 91.3 Å². The first-order valence-electron chi connectivity index (χ1n) is 5.98. The third-order valence-electron chi connectivity index (χ3n) is 3.09. The normalized spacial score (nSPS) is 21.9. The van der Waals surface area contributed by atoms with Crippen LogP contribution in [0.15, 0.2) is 4.42 Å². The number of nitrogens with one attached hydrogen (secondary N) is 1. The van der Waals surface area contributed by atoms with Crippen molar-refractivity contribution in [3.8, 4) is 0 Å². The van der Waals surface area contributed by atoms with Crippen LogP contribution in [0.5, 0.6) is 0 Å². The summed E-state index contributed by atoms with van der Waals surface area (Å²) in [5.41, 5.74) is 1.06. The molecule has 0 bridgehead atoms. The molecule has 0 aliphatic carbocycles. The fourth-order valence-electron chi connectivity index (χ4n) is 2.21. The maximum Gasteiger partial charge on any atom is 0.196 e. The van der Waals surface area contributed by atoms with Crippen molar-refractivity contribution in [2.45, 2.75) is 52.0 Å². The topological polar surface area (TPSA) is 38.1 Å². The highest BCUT2D eigenvalue weighted by Crippen LogP contribution is 2.15. The molecule has 15 heavy (non-hydrogen) atoms. The predicted molar refractivity (Wildman–Crippen MR) is 60.0 cm³/mol. The van der Waals surface area contributed by atoms with Gasteiger partial charge >= 0.3 is 0 Å². The molecule has 1 aromatic heterocycles. The zero-order valence-electron chi connectivity index (χ0n) is 9.68. The van der Waals surface area contributed by atoms with Crippen LogP contribution in [0.2, 0.25) is 0 Å². The third kappa shape index (κ3) is 2.59. The quantitative estimate of drug-likeness (QED) is 0.827. The van der Waals surface area contributed by atoms with Gasteiger partial charge in [0.1, 0.15) is 5.76 Å². The minimum absolute atomic E-state index is 0.571. The van der Waals surface area contributed by atoms with Crippen molar-refractivity contribution in [3.63, 3.8) is 0 Å². The molecule has 1 aliphatic heterocycles. The lowest BCUT2D eigenvalue weighted by molar-refractivity contribution is 0.361. The molecule has 0 saturated carbocycles. The van der Waals surface area contributed by atoms with Crippen molar-refractivity contribution in [2.24, 2.45) is 0 Å². The number of oxazole rings is 1. The molecule has 1 fully saturated rings. The largest absolute Gasteiger partial charge is 0.445 e. The molecule has 1 N–H and O–H groups in total. The van der Waals surface area contributed by atoms with Gasteiger partial charge in [-0.2, -0.15) is 0 Å². The minimum atomic E-state index is 0.571. The molecule has 3 heteroatoms. The van der Waals surface area contributed by atoms with Crippen LogP contribution in [-0.4, -0.2) is 17.6 Å². The SMILES string of the molecule is CCc1oc(CC2CCCCN2)nc1C. The van der Waals surface area contributed by atoms with E-state index in [1.165, 1.54) is 19.3 Å². The summed E-state index contributed by atoms with van der Waals surface area (Å²) in [4.78, 5) is 4.47. The number of aromatic nitrogens is 1. The van der Waals surface area contributed by atoms with Crippen LogP contribution in [0.4, 0.5) is 0 Å². The summed E-state index contributed by atoms with van der Waals surface area (Å²) >= 11 is 0. The van der Waals surface area contributed by atoms with Gasteiger partial charge in [0.25, 0.3) is 0 Å². The third-order valence-corrected chi connectivity index (χ3v) is 3.09. The number of nitrogens with zero attached hydrogens (tertiary/aromatic N) is 1. The number of rotatable bonds is 3. The van der Waals surface area contributed by atoms with Crippen LogP contribution in [-0.2, 0) is 12.8 Å². The van der Waals surface area contributed by atoms with Crippen molar-refractivity contribution in [1.29, 1.82) is 0 Å². The maximum atomic E-state index is 5.72. The van der Waals surface area contributed by atoms with E-state index in [2.05, 4.69) is 17.2 Å². The second-order valence-corrected chi connectivity index (χ2v) is 4.32. The Morgan fingerprint density at radius 3 is 2.93 bits per heavy atom. The molecule has 0 aromatic carbocycles. The standard InChI is InChI=1S/C12H20N2O/c1-3-11-9(2)14-12(15-11)8-10-6-4-5-7-13-10/h10,13H,3-8H2,1-2H3. The fourth-order valence-corrected chi connectivity index (χ4v) is 2.21. The first-order chi connectivity index (χ1) is 7.29. The molecule has 2 rings (SSSR count). The molecule has 3 nitrogen and oxygen atoms in total. The second-order valence-electron chi connectivity index (χ2n) is 4.32. The Hall–Kier alpha value is -0.830. The molecule has 0 spiro atoms. The number of hydrogen-bond acceptors (Lipinski definition) is 3. The number of hydrogen-bond donors (Lipinski definition) is 1. The minimum Gasteiger partial charge on any atom is -0.445 e. The predicted octanol–water partition coefficient (Wildman–Crippen LogP) is 2.23. The molecule has 0 amide bonds. The average molecular weight is 208 g/mol. The second kappa shape index (κ2) is 4.79. The highest BCUT2D eigenvalue weighted by Gasteiger charge is 2.16. The summed E-state index contributed by atoms with van der Waals surface area (Å²) in [7, 11) is 0. The summed E-state index contributed by atoms with van der Waals surface area (Å²) in [6, 6.07) is 0.571. The van der Waals surface area contributed by atoms with E-state index in [4.69, 9.17) is 4.42 Å². The molecule has 1 aromatic rings. The van der Waals surface area contributed by atoms with Gasteiger partial charge < -0.3 is 9.73 Å². The molecule has 1 aliphatic rings. The lowest BCUT2D eigenvalue weighted by atomic mass is 10.0. The molecule has 1 unspecified atom stereocenters. The summed E-state index contributed by atoms with van der Waals surface area (Å²) in [6.45, 7) is 5.28. The Kier molecular flexibility index (Phi) is 3.41. The molecule has 1 atom stereocenters. The van der Waals surface area contributed by atoms with Crippen molar-refractivity contribution in [2.75, 3.05) is 6.54 Å². The van der Waals surface area contributed by atoms with Gasteiger partial charge in [0.2, 0.25) is 0 Å². The number of piperidine rings is 1. The summed E-state index contributed by atoms with van der Waals surface area (Å²) in [5.74, 6) is 1.95. The van der Waals surface area contributed by atoms with Crippen molar-refractivity contribution < 1.29 is 4.42 Å². The van der Waals surface area contributed by atoms with Crippen LogP contribution in [0.3, 0.4) is 0 Å². The summed E-state index contributed by atoms with van der Waals surface area (Å²) in [5, 5.41) is 3.51. The van der Waals surface area contributed by atoms with E-state index in [1.54, 1.807) is 0 Å². The van der Waals surface area contributed by atoms with Gasteiger partial charge in [0, 0.05) is 18.9 Å². The van der Waals surface area contributed by atoms with E-state index < -0.39 is 0 Å². The van der Waals surface area contributed by atoms with Crippen LogP contribution >= 0.6 is 0 Å². The van der Waals surface area contributed by atoms with Crippen molar-refractivity contribution in [1.82, 2.24) is 10.3 Å². The Morgan fingerprint density at radius 2 is 2.33 bits per heavy atom. The van der Waals surface area contributed by atoms with Gasteiger partial charge in [-0.1, -0.05) is 13.3 Å². The van der Waals surface area contributed by atoms with Crippen LogP contribution in [0.25, 0.3) is 0 Å². The van der Waals surface area contributed by atoms with Gasteiger partial charge in [0.15, 0.2) is 5.89 Å². The monoisotopic (exact) mass is 208 g/mol. The van der Waals surface area contributed by atoms with E-state index in [9.17, 15) is 0 Å². The molecular formula is C12H20N2O. The lowest BCUT2D eigenvalue weighted by Gasteiger charge is -2.21. The maximum absolute atomic E-state index is 5.72. The van der Waals surface area contributed by atoms with Gasteiger partial charge in [0.05, 0.1) is 5.69 Å². The average Bonchev–Trinajstić information content (AvgIpc) is 2.60. The van der Waals surface area contributed by atoms with Crippen molar-refractivity contribution >= 4 is 0 Å². The first-order valence-corrected chi connectivity index (χ1v) is 5.98. The smallest absolute Gasteiger partial charge is 0.196 e. The fraction of sp³-hybridized carbons (Fsp3) is 0.750. The van der Waals surface area contributed by atoms with Gasteiger partial charge in [-0.25, -0.2) is 4.98 Å². The van der Waals surface area contributed by atoms with E-state index in [1.807, 2.05) is 6.92 Å². The molecule has 2 heterocycles. The zero-order chi connectivity index (χ0) is 10.7. The van der Waals surface area contributed by atoms with E-state index in [0.29, 0.717) is 6.04 Å². The Morgan fingerprint density at radius 1 is 1.47 bits per heavy atom. The van der Waals surface area contributed by atoms with E-state index in [-0.39, 0.29) is 0 Å². The van der Waals surface area contributed by atoms with E-state index in [0.717, 1.165) is 36.7 Å². The highest BCUT2D eigenvalue weighted by atomic mass is 16.4. The first kappa shape index (κ1) is 10.7. The van der Waals surface area contributed by atoms with Gasteiger partial charge in [-0.3, -0.25) is 0 Å². The molecule has 1 saturated heterocycles.